The highest BCUT2D eigenvalue weighted by molar-refractivity contribution is 6.46. The summed E-state index contributed by atoms with van der Waals surface area (Å²) in [4.78, 5) is 33.9. The van der Waals surface area contributed by atoms with E-state index in [0.29, 0.717) is 30.0 Å². The smallest absolute Gasteiger partial charge is 0.295 e. The Morgan fingerprint density at radius 3 is 2.59 bits per heavy atom. The van der Waals surface area contributed by atoms with Crippen molar-refractivity contribution in [3.05, 3.63) is 77.0 Å². The van der Waals surface area contributed by atoms with Crippen molar-refractivity contribution in [1.29, 1.82) is 0 Å². The average Bonchev–Trinajstić information content (AvgIpc) is 3.22. The first-order chi connectivity index (χ1) is 15.3. The van der Waals surface area contributed by atoms with Crippen LogP contribution < -0.4 is 0 Å². The Morgan fingerprint density at radius 2 is 1.88 bits per heavy atom. The molecule has 7 nitrogen and oxygen atoms in total. The van der Waals surface area contributed by atoms with E-state index in [4.69, 9.17) is 0 Å². The van der Waals surface area contributed by atoms with Crippen LogP contribution in [-0.4, -0.2) is 63.2 Å². The number of hydrogen-bond acceptors (Lipinski definition) is 5. The first-order valence-electron chi connectivity index (χ1n) is 10.4. The molecule has 1 amide bonds. The molecule has 32 heavy (non-hydrogen) atoms. The zero-order chi connectivity index (χ0) is 23.0. The fraction of sp³-hybridized carbons (Fsp3) is 0.292. The maximum absolute atomic E-state index is 14.9. The number of nitrogens with zero attached hydrogens (tertiary/aromatic N) is 4. The van der Waals surface area contributed by atoms with Gasteiger partial charge in [-0.15, -0.1) is 0 Å². The van der Waals surface area contributed by atoms with E-state index >= 15 is 0 Å². The summed E-state index contributed by atoms with van der Waals surface area (Å²) < 4.78 is 16.5. The zero-order valence-corrected chi connectivity index (χ0v) is 18.2. The van der Waals surface area contributed by atoms with Gasteiger partial charge in [-0.3, -0.25) is 14.0 Å². The van der Waals surface area contributed by atoms with E-state index < -0.39 is 23.5 Å². The van der Waals surface area contributed by atoms with Gasteiger partial charge in [-0.2, -0.15) is 0 Å². The third kappa shape index (κ3) is 3.67. The molecule has 0 radical (unpaired) electrons. The van der Waals surface area contributed by atoms with Crippen LogP contribution >= 0.6 is 0 Å². The molecule has 0 saturated carbocycles. The highest BCUT2D eigenvalue weighted by atomic mass is 19.1. The van der Waals surface area contributed by atoms with E-state index in [0.717, 1.165) is 0 Å². The van der Waals surface area contributed by atoms with Gasteiger partial charge in [0.2, 0.25) is 0 Å². The topological polar surface area (TPSA) is 78.1 Å². The van der Waals surface area contributed by atoms with Crippen LogP contribution in [0.4, 0.5) is 4.39 Å². The molecule has 2 aromatic heterocycles. The highest BCUT2D eigenvalue weighted by Gasteiger charge is 2.47. The molecule has 3 aromatic rings. The molecule has 166 valence electrons. The number of benzene rings is 1. The number of ketones is 1. The molecule has 0 aliphatic carbocycles. The van der Waals surface area contributed by atoms with Crippen molar-refractivity contribution < 1.29 is 19.1 Å². The lowest BCUT2D eigenvalue weighted by Crippen LogP contribution is -2.32. The molecule has 1 atom stereocenters. The Kier molecular flexibility index (Phi) is 5.80. The van der Waals surface area contributed by atoms with Gasteiger partial charge < -0.3 is 14.9 Å². The third-order valence-electron chi connectivity index (χ3n) is 5.67. The largest absolute Gasteiger partial charge is 0.505 e. The van der Waals surface area contributed by atoms with Gasteiger partial charge in [-0.25, -0.2) is 9.37 Å². The minimum atomic E-state index is -1.02. The fourth-order valence-corrected chi connectivity index (χ4v) is 4.21. The highest BCUT2D eigenvalue weighted by Crippen LogP contribution is 2.40. The van der Waals surface area contributed by atoms with Crippen molar-refractivity contribution in [2.45, 2.75) is 19.4 Å². The number of carbonyl (C=O) groups is 2. The van der Waals surface area contributed by atoms with Crippen LogP contribution in [0.25, 0.3) is 11.4 Å². The molecule has 0 unspecified atom stereocenters. The lowest BCUT2D eigenvalue weighted by atomic mass is 9.95. The van der Waals surface area contributed by atoms with Gasteiger partial charge in [0, 0.05) is 18.3 Å². The summed E-state index contributed by atoms with van der Waals surface area (Å²) in [6, 6.07) is 10.4. The Hall–Kier alpha value is -3.52. The van der Waals surface area contributed by atoms with Gasteiger partial charge in [0.25, 0.3) is 11.7 Å². The van der Waals surface area contributed by atoms with E-state index in [1.54, 1.807) is 47.9 Å². The van der Waals surface area contributed by atoms with E-state index in [1.165, 1.54) is 11.0 Å². The predicted octanol–water partition coefficient (Wildman–Crippen LogP) is 3.16. The first-order valence-corrected chi connectivity index (χ1v) is 10.4. The second kappa shape index (κ2) is 8.55. The molecule has 1 aromatic carbocycles. The summed E-state index contributed by atoms with van der Waals surface area (Å²) in [5.41, 5.74) is 1.45. The number of carbonyl (C=O) groups excluding carboxylic acids is 2. The number of likely N-dealkylation sites (tertiary alicyclic amines) is 1. The van der Waals surface area contributed by atoms with E-state index in [-0.39, 0.29) is 23.4 Å². The lowest BCUT2D eigenvalue weighted by Gasteiger charge is -2.26. The standard InChI is InChI=1S/C24H25FN4O3/c1-15-20(28-13-7-6-11-18(28)26-15)22(30)19-21(16-9-4-5-10-17(16)25)29(24(32)23(19)31)14-8-12-27(2)3/h4-7,9-11,13,21,30H,8,12,14H2,1-3H3/t21-/m1/s1. The molecule has 4 rings (SSSR count). The summed E-state index contributed by atoms with van der Waals surface area (Å²) >= 11 is 0. The number of aromatic nitrogens is 2. The van der Waals surface area contributed by atoms with Gasteiger partial charge in [-0.1, -0.05) is 24.3 Å². The Bertz CT molecular complexity index is 1230. The fourth-order valence-electron chi connectivity index (χ4n) is 4.21. The number of imidazole rings is 1. The molecule has 1 aliphatic heterocycles. The second-order valence-electron chi connectivity index (χ2n) is 8.15. The summed E-state index contributed by atoms with van der Waals surface area (Å²) in [5.74, 6) is -2.48. The maximum atomic E-state index is 14.9. The van der Waals surface area contributed by atoms with Crippen LogP contribution in [0, 0.1) is 12.7 Å². The molecule has 8 heteroatoms. The summed E-state index contributed by atoms with van der Waals surface area (Å²) in [6.07, 6.45) is 2.31. The number of aryl methyl sites for hydroxylation is 1. The number of aliphatic hydroxyl groups is 1. The van der Waals surface area contributed by atoms with Crippen molar-refractivity contribution in [3.8, 4) is 0 Å². The van der Waals surface area contributed by atoms with Crippen LogP contribution in [0.15, 0.2) is 54.2 Å². The van der Waals surface area contributed by atoms with Crippen molar-refractivity contribution >= 4 is 23.1 Å². The Labute approximate surface area is 185 Å². The first kappa shape index (κ1) is 21.7. The molecule has 1 saturated heterocycles. The molecular formula is C24H25FN4O3. The molecule has 0 spiro atoms. The minimum absolute atomic E-state index is 0.126. The molecule has 1 aliphatic rings. The van der Waals surface area contributed by atoms with Crippen molar-refractivity contribution in [2.24, 2.45) is 0 Å². The number of rotatable bonds is 6. The van der Waals surface area contributed by atoms with Gasteiger partial charge in [-0.05, 0) is 52.2 Å². The summed E-state index contributed by atoms with van der Waals surface area (Å²) in [7, 11) is 3.83. The van der Waals surface area contributed by atoms with Gasteiger partial charge in [0.1, 0.15) is 17.2 Å². The monoisotopic (exact) mass is 436 g/mol. The molecule has 3 heterocycles. The van der Waals surface area contributed by atoms with E-state index in [1.807, 2.05) is 25.1 Å². The molecular weight excluding hydrogens is 411 g/mol. The number of amides is 1. The SMILES string of the molecule is Cc1nc2ccccn2c1C(O)=C1C(=O)C(=O)N(CCCN(C)C)[C@@H]1c1ccccc1F. The van der Waals surface area contributed by atoms with Crippen molar-refractivity contribution in [1.82, 2.24) is 19.2 Å². The molecule has 1 N–H and O–H groups in total. The number of fused-ring (bicyclic) bond motifs is 1. The van der Waals surface area contributed by atoms with Crippen molar-refractivity contribution in [3.63, 3.8) is 0 Å². The zero-order valence-electron chi connectivity index (χ0n) is 18.2. The Morgan fingerprint density at radius 1 is 1.16 bits per heavy atom. The third-order valence-corrected chi connectivity index (χ3v) is 5.67. The number of halogens is 1. The second-order valence-corrected chi connectivity index (χ2v) is 8.15. The summed E-state index contributed by atoms with van der Waals surface area (Å²) in [5, 5.41) is 11.3. The number of Topliss-reactive ketones (excluding diaryl/α,β-unsaturated/α-hetero) is 1. The lowest BCUT2D eigenvalue weighted by molar-refractivity contribution is -0.140. The van der Waals surface area contributed by atoms with E-state index in [9.17, 15) is 19.1 Å². The van der Waals surface area contributed by atoms with Gasteiger partial charge in [0.05, 0.1) is 17.3 Å². The Balaban J connectivity index is 1.90. The minimum Gasteiger partial charge on any atom is -0.505 e. The number of aliphatic hydroxyl groups excluding tert-OH is 1. The number of hydrogen-bond donors (Lipinski definition) is 1. The van der Waals surface area contributed by atoms with Gasteiger partial charge >= 0.3 is 0 Å². The van der Waals surface area contributed by atoms with E-state index in [2.05, 4.69) is 4.98 Å². The summed E-state index contributed by atoms with van der Waals surface area (Å²) in [6.45, 7) is 2.66. The van der Waals surface area contributed by atoms with Crippen LogP contribution in [0.1, 0.15) is 29.4 Å². The van der Waals surface area contributed by atoms with Crippen molar-refractivity contribution in [2.75, 3.05) is 27.2 Å². The number of pyridine rings is 1. The molecule has 0 bridgehead atoms. The van der Waals surface area contributed by atoms with Crippen LogP contribution in [0.3, 0.4) is 0 Å². The predicted molar refractivity (Wildman–Crippen MR) is 119 cm³/mol. The van der Waals surface area contributed by atoms with Crippen LogP contribution in [-0.2, 0) is 9.59 Å². The van der Waals surface area contributed by atoms with Crippen LogP contribution in [0.2, 0.25) is 0 Å². The molecule has 1 fully saturated rings. The van der Waals surface area contributed by atoms with Crippen LogP contribution in [0.5, 0.6) is 0 Å². The van der Waals surface area contributed by atoms with Gasteiger partial charge in [0.15, 0.2) is 5.76 Å². The normalized spacial score (nSPS) is 18.3. The maximum Gasteiger partial charge on any atom is 0.295 e. The average molecular weight is 436 g/mol. The quantitative estimate of drug-likeness (QED) is 0.365.